The summed E-state index contributed by atoms with van der Waals surface area (Å²) in [6, 6.07) is 21.4. The molecule has 0 spiro atoms. The molecule has 0 saturated heterocycles. The number of hydrogen-bond donors (Lipinski definition) is 0. The van der Waals surface area contributed by atoms with E-state index in [0.29, 0.717) is 0 Å². The van der Waals surface area contributed by atoms with E-state index in [9.17, 15) is 0 Å². The summed E-state index contributed by atoms with van der Waals surface area (Å²) < 4.78 is 18.7. The Morgan fingerprint density at radius 3 is 1.75 bits per heavy atom. The SMILES string of the molecule is CO[C@H]1C=C[C@@H](O[Si](c2ccccc2)(c2ccccc2)C(C)(C)C)C(C)(C)O1. The summed E-state index contributed by atoms with van der Waals surface area (Å²) in [6.45, 7) is 11.0. The molecule has 3 nitrogen and oxygen atoms in total. The van der Waals surface area contributed by atoms with Crippen LogP contribution in [0.25, 0.3) is 0 Å². The summed E-state index contributed by atoms with van der Waals surface area (Å²) in [6.07, 6.45) is 3.55. The fourth-order valence-electron chi connectivity index (χ4n) is 4.02. The quantitative estimate of drug-likeness (QED) is 0.558. The van der Waals surface area contributed by atoms with E-state index < -0.39 is 13.9 Å². The Labute approximate surface area is 170 Å². The van der Waals surface area contributed by atoms with Gasteiger partial charge < -0.3 is 13.9 Å². The third-order valence-electron chi connectivity index (χ3n) is 5.50. The first-order chi connectivity index (χ1) is 13.2. The van der Waals surface area contributed by atoms with Gasteiger partial charge >= 0.3 is 0 Å². The van der Waals surface area contributed by atoms with E-state index in [2.05, 4.69) is 101 Å². The van der Waals surface area contributed by atoms with Gasteiger partial charge in [-0.3, -0.25) is 0 Å². The minimum absolute atomic E-state index is 0.0717. The molecule has 0 unspecified atom stereocenters. The average Bonchev–Trinajstić information content (AvgIpc) is 2.67. The normalized spacial score (nSPS) is 22.2. The molecule has 2 aromatic carbocycles. The maximum atomic E-state index is 7.20. The van der Waals surface area contributed by atoms with E-state index in [4.69, 9.17) is 13.9 Å². The number of methoxy groups -OCH3 is 1. The zero-order chi connectivity index (χ0) is 20.4. The lowest BCUT2D eigenvalue weighted by Crippen LogP contribution is -2.69. The predicted molar refractivity (Wildman–Crippen MR) is 118 cm³/mol. The smallest absolute Gasteiger partial charge is 0.262 e. The molecule has 0 aliphatic carbocycles. The van der Waals surface area contributed by atoms with Gasteiger partial charge in [0.05, 0.1) is 11.7 Å². The number of ether oxygens (including phenoxy) is 2. The zero-order valence-corrected chi connectivity index (χ0v) is 18.8. The molecule has 4 heteroatoms. The Bertz CT molecular complexity index is 754. The van der Waals surface area contributed by atoms with Crippen LogP contribution in [-0.2, 0) is 13.9 Å². The average molecular weight is 397 g/mol. The monoisotopic (exact) mass is 396 g/mol. The van der Waals surface area contributed by atoms with Crippen molar-refractivity contribution >= 4 is 18.7 Å². The second-order valence-electron chi connectivity index (χ2n) is 8.91. The lowest BCUT2D eigenvalue weighted by Gasteiger charge is -2.48. The molecule has 0 aromatic heterocycles. The molecule has 150 valence electrons. The highest BCUT2D eigenvalue weighted by atomic mass is 28.4. The first-order valence-electron chi connectivity index (χ1n) is 9.88. The van der Waals surface area contributed by atoms with Crippen molar-refractivity contribution in [2.45, 2.75) is 57.7 Å². The van der Waals surface area contributed by atoms with Crippen molar-refractivity contribution in [1.82, 2.24) is 0 Å². The molecule has 2 aromatic rings. The van der Waals surface area contributed by atoms with Gasteiger partial charge in [-0.15, -0.1) is 0 Å². The first kappa shape index (κ1) is 21.0. The second kappa shape index (κ2) is 7.95. The van der Waals surface area contributed by atoms with Gasteiger partial charge in [0, 0.05) is 7.11 Å². The number of benzene rings is 2. The van der Waals surface area contributed by atoms with Crippen LogP contribution in [0, 0.1) is 0 Å². The van der Waals surface area contributed by atoms with Crippen LogP contribution in [0.1, 0.15) is 34.6 Å². The fourth-order valence-corrected chi connectivity index (χ4v) is 8.78. The van der Waals surface area contributed by atoms with Crippen LogP contribution in [-0.4, -0.2) is 33.4 Å². The predicted octanol–water partition coefficient (Wildman–Crippen LogP) is 4.27. The maximum Gasteiger partial charge on any atom is 0.262 e. The van der Waals surface area contributed by atoms with E-state index in [1.807, 2.05) is 6.08 Å². The van der Waals surface area contributed by atoms with E-state index in [-0.39, 0.29) is 17.4 Å². The lowest BCUT2D eigenvalue weighted by atomic mass is 9.99. The Morgan fingerprint density at radius 1 is 0.857 bits per heavy atom. The standard InChI is InChI=1S/C24H32O3Si/c1-23(2,3)28(19-13-9-7-10-14-19,20-15-11-8-12-16-20)27-21-17-18-22(25-6)26-24(21,4)5/h7-18,21-22H,1-6H3/t21-,22-/m1/s1. The topological polar surface area (TPSA) is 27.7 Å². The minimum atomic E-state index is -2.63. The summed E-state index contributed by atoms with van der Waals surface area (Å²) in [4.78, 5) is 0. The van der Waals surface area contributed by atoms with Crippen LogP contribution in [0.3, 0.4) is 0 Å². The Morgan fingerprint density at radius 2 is 1.36 bits per heavy atom. The highest BCUT2D eigenvalue weighted by molar-refractivity contribution is 6.99. The Hall–Kier alpha value is -1.72. The van der Waals surface area contributed by atoms with Crippen molar-refractivity contribution in [3.63, 3.8) is 0 Å². The highest BCUT2D eigenvalue weighted by Gasteiger charge is 2.53. The molecule has 28 heavy (non-hydrogen) atoms. The van der Waals surface area contributed by atoms with Crippen LogP contribution >= 0.6 is 0 Å². The van der Waals surface area contributed by atoms with Gasteiger partial charge in [-0.05, 0) is 35.3 Å². The van der Waals surface area contributed by atoms with Crippen molar-refractivity contribution in [1.29, 1.82) is 0 Å². The van der Waals surface area contributed by atoms with Crippen LogP contribution in [0.4, 0.5) is 0 Å². The fraction of sp³-hybridized carbons (Fsp3) is 0.417. The molecule has 0 radical (unpaired) electrons. The van der Waals surface area contributed by atoms with Crippen molar-refractivity contribution < 1.29 is 13.9 Å². The molecule has 1 aliphatic rings. The lowest BCUT2D eigenvalue weighted by molar-refractivity contribution is -0.194. The van der Waals surface area contributed by atoms with E-state index in [1.54, 1.807) is 7.11 Å². The van der Waals surface area contributed by atoms with Gasteiger partial charge in [-0.25, -0.2) is 0 Å². The molecule has 3 rings (SSSR count). The summed E-state index contributed by atoms with van der Waals surface area (Å²) in [5.41, 5.74) is -0.498. The third kappa shape index (κ3) is 3.87. The molecular weight excluding hydrogens is 364 g/mol. The Kier molecular flexibility index (Phi) is 5.96. The van der Waals surface area contributed by atoms with Crippen LogP contribution < -0.4 is 10.4 Å². The van der Waals surface area contributed by atoms with E-state index in [0.717, 1.165) is 0 Å². The molecule has 1 aliphatic heterocycles. The maximum absolute atomic E-state index is 7.20. The molecular formula is C24H32O3Si. The van der Waals surface area contributed by atoms with Gasteiger partial charge in [0.15, 0.2) is 6.29 Å². The van der Waals surface area contributed by atoms with Crippen molar-refractivity contribution in [2.75, 3.05) is 7.11 Å². The van der Waals surface area contributed by atoms with Crippen molar-refractivity contribution in [3.05, 3.63) is 72.8 Å². The van der Waals surface area contributed by atoms with Crippen LogP contribution in [0.15, 0.2) is 72.8 Å². The summed E-state index contributed by atoms with van der Waals surface area (Å²) in [5.74, 6) is 0. The van der Waals surface area contributed by atoms with Gasteiger partial charge in [0.25, 0.3) is 8.32 Å². The summed E-state index contributed by atoms with van der Waals surface area (Å²) >= 11 is 0. The number of rotatable bonds is 5. The molecule has 0 N–H and O–H groups in total. The molecule has 0 saturated carbocycles. The molecule has 1 heterocycles. The minimum Gasteiger partial charge on any atom is -0.398 e. The molecule has 0 fully saturated rings. The summed E-state index contributed by atoms with van der Waals surface area (Å²) in [5, 5.41) is 2.47. The highest BCUT2D eigenvalue weighted by Crippen LogP contribution is 2.40. The van der Waals surface area contributed by atoms with E-state index in [1.165, 1.54) is 10.4 Å². The molecule has 0 bridgehead atoms. The molecule has 0 amide bonds. The van der Waals surface area contributed by atoms with Gasteiger partial charge in [-0.1, -0.05) is 87.5 Å². The third-order valence-corrected chi connectivity index (χ3v) is 10.5. The summed E-state index contributed by atoms with van der Waals surface area (Å²) in [7, 11) is -0.969. The first-order valence-corrected chi connectivity index (χ1v) is 11.8. The van der Waals surface area contributed by atoms with Crippen molar-refractivity contribution in [3.8, 4) is 0 Å². The van der Waals surface area contributed by atoms with Crippen LogP contribution in [0.2, 0.25) is 5.04 Å². The number of hydrogen-bond acceptors (Lipinski definition) is 3. The van der Waals surface area contributed by atoms with Gasteiger partial charge in [0.1, 0.15) is 0 Å². The van der Waals surface area contributed by atoms with Crippen molar-refractivity contribution in [2.24, 2.45) is 0 Å². The zero-order valence-electron chi connectivity index (χ0n) is 17.8. The second-order valence-corrected chi connectivity index (χ2v) is 13.2. The largest absolute Gasteiger partial charge is 0.398 e. The van der Waals surface area contributed by atoms with Crippen LogP contribution in [0.5, 0.6) is 0 Å². The van der Waals surface area contributed by atoms with Gasteiger partial charge in [0.2, 0.25) is 0 Å². The molecule has 2 atom stereocenters. The Balaban J connectivity index is 2.17. The van der Waals surface area contributed by atoms with Gasteiger partial charge in [-0.2, -0.15) is 0 Å². The van der Waals surface area contributed by atoms with E-state index >= 15 is 0 Å².